The third-order valence-corrected chi connectivity index (χ3v) is 4.40. The Morgan fingerprint density at radius 3 is 2.47 bits per heavy atom. The highest BCUT2D eigenvalue weighted by molar-refractivity contribution is 5.29. The summed E-state index contributed by atoms with van der Waals surface area (Å²) in [5.74, 6) is 0.917. The summed E-state index contributed by atoms with van der Waals surface area (Å²) in [6, 6.07) is 9.99. The van der Waals surface area contributed by atoms with Crippen LogP contribution in [0.4, 0.5) is 0 Å². The van der Waals surface area contributed by atoms with Crippen molar-refractivity contribution in [2.75, 3.05) is 20.7 Å². The highest BCUT2D eigenvalue weighted by atomic mass is 16.5. The zero-order chi connectivity index (χ0) is 13.8. The van der Waals surface area contributed by atoms with Gasteiger partial charge in [0, 0.05) is 18.1 Å². The third-order valence-electron chi connectivity index (χ3n) is 4.40. The van der Waals surface area contributed by atoms with Crippen molar-refractivity contribution >= 4 is 0 Å². The first-order chi connectivity index (χ1) is 9.17. The smallest absolute Gasteiger partial charge is 0.118 e. The van der Waals surface area contributed by atoms with E-state index in [1.165, 1.54) is 24.9 Å². The van der Waals surface area contributed by atoms with Crippen LogP contribution in [0.1, 0.15) is 38.3 Å². The highest BCUT2D eigenvalue weighted by Crippen LogP contribution is 2.28. The second kappa shape index (κ2) is 6.40. The number of rotatable bonds is 5. The molecule has 0 amide bonds. The van der Waals surface area contributed by atoms with Crippen LogP contribution in [0, 0.1) is 0 Å². The molecule has 1 aromatic carbocycles. The zero-order valence-electron chi connectivity index (χ0n) is 12.5. The lowest BCUT2D eigenvalue weighted by Crippen LogP contribution is -2.43. The van der Waals surface area contributed by atoms with E-state index in [4.69, 9.17) is 4.74 Å². The summed E-state index contributed by atoms with van der Waals surface area (Å²) in [5.41, 5.74) is 1.33. The van der Waals surface area contributed by atoms with Gasteiger partial charge in [-0.3, -0.25) is 4.90 Å². The van der Waals surface area contributed by atoms with Gasteiger partial charge in [-0.25, -0.2) is 0 Å². The molecule has 0 bridgehead atoms. The van der Waals surface area contributed by atoms with Crippen LogP contribution in [0.2, 0.25) is 0 Å². The topological polar surface area (TPSA) is 24.5 Å². The fourth-order valence-corrected chi connectivity index (χ4v) is 3.25. The molecule has 0 aromatic heterocycles. The van der Waals surface area contributed by atoms with Crippen molar-refractivity contribution in [1.29, 1.82) is 0 Å². The lowest BCUT2D eigenvalue weighted by molar-refractivity contribution is 0.166. The molecule has 2 rings (SSSR count). The number of ether oxygens (including phenoxy) is 1. The van der Waals surface area contributed by atoms with Crippen molar-refractivity contribution in [2.24, 2.45) is 0 Å². The van der Waals surface area contributed by atoms with Crippen LogP contribution in [0.15, 0.2) is 24.3 Å². The van der Waals surface area contributed by atoms with Crippen LogP contribution in [0.3, 0.4) is 0 Å². The van der Waals surface area contributed by atoms with Gasteiger partial charge in [-0.1, -0.05) is 12.1 Å². The normalized spacial score (nSPS) is 23.3. The molecular weight excluding hydrogens is 236 g/mol. The van der Waals surface area contributed by atoms with Crippen molar-refractivity contribution in [3.8, 4) is 5.75 Å². The number of hydrogen-bond acceptors (Lipinski definition) is 3. The van der Waals surface area contributed by atoms with Crippen LogP contribution in [0.25, 0.3) is 0 Å². The molecule has 3 heteroatoms. The zero-order valence-corrected chi connectivity index (χ0v) is 12.5. The van der Waals surface area contributed by atoms with Crippen molar-refractivity contribution in [1.82, 2.24) is 10.2 Å². The van der Waals surface area contributed by atoms with Crippen LogP contribution in [-0.4, -0.2) is 37.7 Å². The Kier molecular flexibility index (Phi) is 4.83. The van der Waals surface area contributed by atoms with Crippen LogP contribution >= 0.6 is 0 Å². The van der Waals surface area contributed by atoms with Crippen LogP contribution in [0.5, 0.6) is 5.75 Å². The maximum absolute atomic E-state index is 5.23. The van der Waals surface area contributed by atoms with E-state index in [1.807, 2.05) is 19.2 Å². The predicted octanol–water partition coefficient (Wildman–Crippen LogP) is 2.83. The highest BCUT2D eigenvalue weighted by Gasteiger charge is 2.30. The van der Waals surface area contributed by atoms with E-state index in [2.05, 4.69) is 36.2 Å². The van der Waals surface area contributed by atoms with E-state index in [9.17, 15) is 0 Å². The minimum absolute atomic E-state index is 0.367. The minimum Gasteiger partial charge on any atom is -0.497 e. The molecule has 1 saturated heterocycles. The van der Waals surface area contributed by atoms with Gasteiger partial charge in [0.05, 0.1) is 7.11 Å². The van der Waals surface area contributed by atoms with Gasteiger partial charge in [0.1, 0.15) is 5.75 Å². The van der Waals surface area contributed by atoms with Gasteiger partial charge in [0.15, 0.2) is 0 Å². The fraction of sp³-hybridized carbons (Fsp3) is 0.625. The molecule has 1 aliphatic heterocycles. The summed E-state index contributed by atoms with van der Waals surface area (Å²) >= 11 is 0. The van der Waals surface area contributed by atoms with Gasteiger partial charge < -0.3 is 10.1 Å². The monoisotopic (exact) mass is 262 g/mol. The van der Waals surface area contributed by atoms with Crippen molar-refractivity contribution in [3.63, 3.8) is 0 Å². The molecule has 1 N–H and O–H groups in total. The third kappa shape index (κ3) is 3.10. The quantitative estimate of drug-likeness (QED) is 0.883. The molecule has 3 atom stereocenters. The second-order valence-corrected chi connectivity index (χ2v) is 5.51. The number of benzene rings is 1. The number of likely N-dealkylation sites (tertiary alicyclic amines) is 1. The molecule has 106 valence electrons. The maximum Gasteiger partial charge on any atom is 0.118 e. The standard InChI is InChI=1S/C16H26N2O/c1-12-6-5-11-18(12)13(2)16(17-3)14-7-9-15(19-4)10-8-14/h7-10,12-13,16-17H,5-6,11H2,1-4H3. The van der Waals surface area contributed by atoms with E-state index >= 15 is 0 Å². The number of nitrogens with one attached hydrogen (secondary N) is 1. The Bertz CT molecular complexity index is 390. The van der Waals surface area contributed by atoms with Crippen molar-refractivity contribution in [2.45, 2.75) is 44.8 Å². The van der Waals surface area contributed by atoms with Crippen molar-refractivity contribution in [3.05, 3.63) is 29.8 Å². The molecule has 1 heterocycles. The predicted molar refractivity (Wildman–Crippen MR) is 79.7 cm³/mol. The summed E-state index contributed by atoms with van der Waals surface area (Å²) in [6.07, 6.45) is 2.65. The van der Waals surface area contributed by atoms with Gasteiger partial charge in [-0.2, -0.15) is 0 Å². The van der Waals surface area contributed by atoms with Crippen LogP contribution in [-0.2, 0) is 0 Å². The second-order valence-electron chi connectivity index (χ2n) is 5.51. The lowest BCUT2D eigenvalue weighted by atomic mass is 9.98. The SMILES string of the molecule is CNC(c1ccc(OC)cc1)C(C)N1CCCC1C. The van der Waals surface area contributed by atoms with Crippen LogP contribution < -0.4 is 10.1 Å². The number of likely N-dealkylation sites (N-methyl/N-ethyl adjacent to an activating group) is 1. The molecule has 3 unspecified atom stereocenters. The van der Waals surface area contributed by atoms with E-state index in [1.54, 1.807) is 7.11 Å². The number of nitrogens with zero attached hydrogens (tertiary/aromatic N) is 1. The first-order valence-electron chi connectivity index (χ1n) is 7.24. The summed E-state index contributed by atoms with van der Waals surface area (Å²) < 4.78 is 5.23. The van der Waals surface area contributed by atoms with Gasteiger partial charge in [-0.05, 0) is 58.0 Å². The summed E-state index contributed by atoms with van der Waals surface area (Å²) in [6.45, 7) is 5.88. The summed E-state index contributed by atoms with van der Waals surface area (Å²) in [7, 11) is 3.76. The molecule has 1 aliphatic rings. The molecule has 1 fully saturated rings. The minimum atomic E-state index is 0.367. The van der Waals surface area contributed by atoms with E-state index < -0.39 is 0 Å². The van der Waals surface area contributed by atoms with Gasteiger partial charge in [0.2, 0.25) is 0 Å². The molecule has 19 heavy (non-hydrogen) atoms. The summed E-state index contributed by atoms with van der Waals surface area (Å²) in [4.78, 5) is 2.62. The number of hydrogen-bond donors (Lipinski definition) is 1. The molecule has 0 saturated carbocycles. The van der Waals surface area contributed by atoms with Gasteiger partial charge >= 0.3 is 0 Å². The molecule has 0 radical (unpaired) electrons. The first kappa shape index (κ1) is 14.4. The Morgan fingerprint density at radius 2 is 2.00 bits per heavy atom. The van der Waals surface area contributed by atoms with E-state index in [0.717, 1.165) is 5.75 Å². The molecular formula is C16H26N2O. The Hall–Kier alpha value is -1.06. The number of methoxy groups -OCH3 is 1. The average molecular weight is 262 g/mol. The Balaban J connectivity index is 2.13. The average Bonchev–Trinajstić information content (AvgIpc) is 2.86. The van der Waals surface area contributed by atoms with E-state index in [0.29, 0.717) is 18.1 Å². The maximum atomic E-state index is 5.23. The Labute approximate surface area is 116 Å². The molecule has 3 nitrogen and oxygen atoms in total. The van der Waals surface area contributed by atoms with Gasteiger partial charge in [-0.15, -0.1) is 0 Å². The fourth-order valence-electron chi connectivity index (χ4n) is 3.25. The van der Waals surface area contributed by atoms with Gasteiger partial charge in [0.25, 0.3) is 0 Å². The molecule has 1 aromatic rings. The first-order valence-corrected chi connectivity index (χ1v) is 7.24. The van der Waals surface area contributed by atoms with Crippen molar-refractivity contribution < 1.29 is 4.74 Å². The van der Waals surface area contributed by atoms with E-state index in [-0.39, 0.29) is 0 Å². The molecule has 0 aliphatic carbocycles. The summed E-state index contributed by atoms with van der Waals surface area (Å²) in [5, 5.41) is 3.47. The largest absolute Gasteiger partial charge is 0.497 e. The molecule has 0 spiro atoms. The Morgan fingerprint density at radius 1 is 1.32 bits per heavy atom. The lowest BCUT2D eigenvalue weighted by Gasteiger charge is -2.35.